The molecule has 0 aliphatic heterocycles. The van der Waals surface area contributed by atoms with Crippen molar-refractivity contribution < 1.29 is 22.3 Å². The highest BCUT2D eigenvalue weighted by molar-refractivity contribution is 7.92. The highest BCUT2D eigenvalue weighted by Crippen LogP contribution is 2.20. The van der Waals surface area contributed by atoms with Crippen LogP contribution in [0.1, 0.15) is 6.92 Å². The van der Waals surface area contributed by atoms with Crippen molar-refractivity contribution in [2.75, 3.05) is 16.6 Å². The van der Waals surface area contributed by atoms with E-state index in [0.29, 0.717) is 5.69 Å². The van der Waals surface area contributed by atoms with Crippen molar-refractivity contribution in [2.24, 2.45) is 0 Å². The van der Waals surface area contributed by atoms with Crippen LogP contribution in [0.5, 0.6) is 0 Å². The first kappa shape index (κ1) is 16.8. The van der Waals surface area contributed by atoms with E-state index in [1.54, 1.807) is 6.92 Å². The normalized spacial score (nSPS) is 10.9. The molecule has 2 N–H and O–H groups in total. The molecule has 0 aliphatic rings. The Morgan fingerprint density at radius 1 is 1.09 bits per heavy atom. The monoisotopic (exact) mass is 338 g/mol. The Morgan fingerprint density at radius 3 is 2.30 bits per heavy atom. The smallest absolute Gasteiger partial charge is 0.411 e. The second-order valence-electron chi connectivity index (χ2n) is 4.46. The van der Waals surface area contributed by atoms with E-state index in [2.05, 4.69) is 10.0 Å². The fourth-order valence-electron chi connectivity index (χ4n) is 1.78. The van der Waals surface area contributed by atoms with Crippen LogP contribution in [0.3, 0.4) is 0 Å². The minimum Gasteiger partial charge on any atom is -0.450 e. The number of hydrogen-bond donors (Lipinski definition) is 2. The summed E-state index contributed by atoms with van der Waals surface area (Å²) in [4.78, 5) is 10.8. The molecule has 0 saturated heterocycles. The second-order valence-corrected chi connectivity index (χ2v) is 6.11. The topological polar surface area (TPSA) is 84.5 Å². The molecule has 0 radical (unpaired) electrons. The summed E-state index contributed by atoms with van der Waals surface area (Å²) in [5.41, 5.74) is 0.681. The van der Waals surface area contributed by atoms with Crippen LogP contribution in [-0.4, -0.2) is 21.1 Å². The number of carbonyl (C=O) groups excluding carboxylic acids is 1. The van der Waals surface area contributed by atoms with Gasteiger partial charge in [0, 0.05) is 11.4 Å². The number of rotatable bonds is 5. The van der Waals surface area contributed by atoms with Crippen LogP contribution in [0.4, 0.5) is 20.6 Å². The Morgan fingerprint density at radius 2 is 1.70 bits per heavy atom. The molecule has 0 aliphatic carbocycles. The molecule has 0 spiro atoms. The van der Waals surface area contributed by atoms with E-state index in [1.165, 1.54) is 42.5 Å². The third-order valence-corrected chi connectivity index (χ3v) is 4.20. The molecule has 2 rings (SSSR count). The van der Waals surface area contributed by atoms with Gasteiger partial charge in [0.25, 0.3) is 10.0 Å². The predicted molar refractivity (Wildman–Crippen MR) is 84.3 cm³/mol. The zero-order valence-corrected chi connectivity index (χ0v) is 13.1. The summed E-state index contributed by atoms with van der Waals surface area (Å²) in [5.74, 6) is -0.833. The molecule has 122 valence electrons. The number of halogens is 1. The van der Waals surface area contributed by atoms with Crippen LogP contribution in [-0.2, 0) is 14.8 Å². The first-order valence-electron chi connectivity index (χ1n) is 6.73. The Bertz CT molecular complexity index is 791. The molecule has 2 aromatic carbocycles. The van der Waals surface area contributed by atoms with Gasteiger partial charge in [-0.2, -0.15) is 0 Å². The minimum atomic E-state index is -4.03. The van der Waals surface area contributed by atoms with Gasteiger partial charge in [0.1, 0.15) is 10.7 Å². The standard InChI is InChI=1S/C15H15FN2O4S/c1-2-22-15(19)17-11-7-9-12(10-8-11)18-23(20,21)14-6-4-3-5-13(14)16/h3-10,18H,2H2,1H3,(H,17,19). The number of sulfonamides is 1. The summed E-state index contributed by atoms with van der Waals surface area (Å²) in [6, 6.07) is 11.0. The quantitative estimate of drug-likeness (QED) is 0.877. The molecule has 0 fully saturated rings. The van der Waals surface area contributed by atoms with Crippen LogP contribution >= 0.6 is 0 Å². The molecule has 23 heavy (non-hydrogen) atoms. The Labute approximate surface area is 133 Å². The van der Waals surface area contributed by atoms with E-state index in [0.717, 1.165) is 6.07 Å². The molecule has 0 atom stereocenters. The molecular formula is C15H15FN2O4S. The summed E-state index contributed by atoms with van der Waals surface area (Å²) < 4.78 is 44.8. The maximum Gasteiger partial charge on any atom is 0.411 e. The van der Waals surface area contributed by atoms with Gasteiger partial charge in [-0.1, -0.05) is 12.1 Å². The first-order valence-corrected chi connectivity index (χ1v) is 8.22. The van der Waals surface area contributed by atoms with Crippen LogP contribution in [0.25, 0.3) is 0 Å². The molecule has 2 aromatic rings. The summed E-state index contributed by atoms with van der Waals surface area (Å²) in [6.45, 7) is 1.92. The van der Waals surface area contributed by atoms with Crippen molar-refractivity contribution in [3.05, 3.63) is 54.3 Å². The Kier molecular flexibility index (Phi) is 5.17. The largest absolute Gasteiger partial charge is 0.450 e. The van der Waals surface area contributed by atoms with Crippen LogP contribution in [0.15, 0.2) is 53.4 Å². The molecule has 1 amide bonds. The summed E-state index contributed by atoms with van der Waals surface area (Å²) >= 11 is 0. The fourth-order valence-corrected chi connectivity index (χ4v) is 2.92. The van der Waals surface area contributed by atoms with Gasteiger partial charge in [-0.25, -0.2) is 17.6 Å². The van der Waals surface area contributed by atoms with Gasteiger partial charge in [0.05, 0.1) is 6.61 Å². The van der Waals surface area contributed by atoms with Crippen LogP contribution in [0, 0.1) is 5.82 Å². The lowest BCUT2D eigenvalue weighted by molar-refractivity contribution is 0.168. The third-order valence-electron chi connectivity index (χ3n) is 2.79. The average Bonchev–Trinajstić information content (AvgIpc) is 2.49. The fraction of sp³-hybridized carbons (Fsp3) is 0.133. The maximum absolute atomic E-state index is 13.6. The van der Waals surface area contributed by atoms with Gasteiger partial charge < -0.3 is 4.74 Å². The zero-order chi connectivity index (χ0) is 16.9. The predicted octanol–water partition coefficient (Wildman–Crippen LogP) is 3.19. The minimum absolute atomic E-state index is 0.239. The van der Waals surface area contributed by atoms with Gasteiger partial charge in [0.15, 0.2) is 0 Å². The van der Waals surface area contributed by atoms with Crippen molar-refractivity contribution in [3.63, 3.8) is 0 Å². The number of ether oxygens (including phenoxy) is 1. The average molecular weight is 338 g/mol. The summed E-state index contributed by atoms with van der Waals surface area (Å²) in [7, 11) is -4.03. The van der Waals surface area contributed by atoms with E-state index in [1.807, 2.05) is 0 Å². The van der Waals surface area contributed by atoms with E-state index in [4.69, 9.17) is 4.74 Å². The number of benzene rings is 2. The number of hydrogen-bond acceptors (Lipinski definition) is 4. The molecule has 0 aromatic heterocycles. The Balaban J connectivity index is 2.12. The van der Waals surface area contributed by atoms with Crippen molar-refractivity contribution in [2.45, 2.75) is 11.8 Å². The first-order chi connectivity index (χ1) is 10.9. The molecule has 8 heteroatoms. The SMILES string of the molecule is CCOC(=O)Nc1ccc(NS(=O)(=O)c2ccccc2F)cc1. The zero-order valence-electron chi connectivity index (χ0n) is 12.2. The molecule has 0 unspecified atom stereocenters. The van der Waals surface area contributed by atoms with Gasteiger partial charge in [-0.15, -0.1) is 0 Å². The third kappa shape index (κ3) is 4.43. The number of carbonyl (C=O) groups is 1. The van der Waals surface area contributed by atoms with Crippen molar-refractivity contribution in [1.29, 1.82) is 0 Å². The molecule has 0 bridgehead atoms. The van der Waals surface area contributed by atoms with Gasteiger partial charge >= 0.3 is 6.09 Å². The lowest BCUT2D eigenvalue weighted by Crippen LogP contribution is -2.15. The van der Waals surface area contributed by atoms with Crippen LogP contribution < -0.4 is 10.0 Å². The summed E-state index contributed by atoms with van der Waals surface area (Å²) in [6.07, 6.45) is -0.604. The van der Waals surface area contributed by atoms with E-state index >= 15 is 0 Å². The van der Waals surface area contributed by atoms with E-state index < -0.39 is 26.8 Å². The lowest BCUT2D eigenvalue weighted by atomic mass is 10.3. The van der Waals surface area contributed by atoms with Gasteiger partial charge in [-0.05, 0) is 43.3 Å². The van der Waals surface area contributed by atoms with Crippen molar-refractivity contribution in [1.82, 2.24) is 0 Å². The molecular weight excluding hydrogens is 323 g/mol. The lowest BCUT2D eigenvalue weighted by Gasteiger charge is -2.10. The maximum atomic E-state index is 13.6. The number of nitrogens with one attached hydrogen (secondary N) is 2. The van der Waals surface area contributed by atoms with Gasteiger partial charge in [-0.3, -0.25) is 10.0 Å². The number of amides is 1. The molecule has 0 heterocycles. The van der Waals surface area contributed by atoms with Crippen molar-refractivity contribution >= 4 is 27.5 Å². The molecule has 6 nitrogen and oxygen atoms in total. The van der Waals surface area contributed by atoms with Crippen LogP contribution in [0.2, 0.25) is 0 Å². The highest BCUT2D eigenvalue weighted by atomic mass is 32.2. The summed E-state index contributed by atoms with van der Waals surface area (Å²) in [5, 5.41) is 2.48. The molecule has 0 saturated carbocycles. The van der Waals surface area contributed by atoms with E-state index in [-0.39, 0.29) is 12.3 Å². The van der Waals surface area contributed by atoms with E-state index in [9.17, 15) is 17.6 Å². The van der Waals surface area contributed by atoms with Crippen molar-refractivity contribution in [3.8, 4) is 0 Å². The number of anilines is 2. The van der Waals surface area contributed by atoms with Gasteiger partial charge in [0.2, 0.25) is 0 Å². The highest BCUT2D eigenvalue weighted by Gasteiger charge is 2.18. The second kappa shape index (κ2) is 7.10. The Hall–Kier alpha value is -2.61.